The van der Waals surface area contributed by atoms with Crippen LogP contribution in [0.5, 0.6) is 0 Å². The summed E-state index contributed by atoms with van der Waals surface area (Å²) >= 11 is 1.94. The van der Waals surface area contributed by atoms with Gasteiger partial charge in [-0.3, -0.25) is 4.79 Å². The molecule has 0 spiro atoms. The van der Waals surface area contributed by atoms with Crippen molar-refractivity contribution in [1.29, 1.82) is 0 Å². The number of hydrogen-bond donors (Lipinski definition) is 2. The highest BCUT2D eigenvalue weighted by Gasteiger charge is 2.35. The van der Waals surface area contributed by atoms with Crippen molar-refractivity contribution in [1.82, 2.24) is 10.3 Å². The van der Waals surface area contributed by atoms with Crippen LogP contribution in [0, 0.1) is 0 Å². The second-order valence-corrected chi connectivity index (χ2v) is 6.16. The maximum Gasteiger partial charge on any atom is 0.252 e. The predicted octanol–water partition coefficient (Wildman–Crippen LogP) is 2.53. The Labute approximate surface area is 118 Å². The molecule has 0 radical (unpaired) electrons. The first-order valence-electron chi connectivity index (χ1n) is 6.72. The molecule has 0 unspecified atom stereocenters. The summed E-state index contributed by atoms with van der Waals surface area (Å²) in [5.41, 5.74) is 0.607. The van der Waals surface area contributed by atoms with Crippen LogP contribution >= 0.6 is 11.8 Å². The highest BCUT2D eigenvalue weighted by Crippen LogP contribution is 2.42. The number of nitrogens with zero attached hydrogens (tertiary/aromatic N) is 1. The van der Waals surface area contributed by atoms with Crippen LogP contribution in [0.15, 0.2) is 18.3 Å². The van der Waals surface area contributed by atoms with Crippen molar-refractivity contribution in [2.75, 3.05) is 24.7 Å². The minimum Gasteiger partial charge on any atom is -0.369 e. The number of nitrogens with one attached hydrogen (secondary N) is 2. The molecule has 0 aliphatic heterocycles. The Kier molecular flexibility index (Phi) is 4.69. The third-order valence-electron chi connectivity index (χ3n) is 3.65. The second kappa shape index (κ2) is 6.28. The monoisotopic (exact) mass is 279 g/mol. The van der Waals surface area contributed by atoms with Gasteiger partial charge in [0.1, 0.15) is 5.82 Å². The van der Waals surface area contributed by atoms with Crippen molar-refractivity contribution >= 4 is 23.5 Å². The summed E-state index contributed by atoms with van der Waals surface area (Å²) < 4.78 is 0.389. The third-order valence-corrected chi connectivity index (χ3v) is 5.07. The van der Waals surface area contributed by atoms with E-state index in [2.05, 4.69) is 21.9 Å². The van der Waals surface area contributed by atoms with Gasteiger partial charge in [0.2, 0.25) is 0 Å². The van der Waals surface area contributed by atoms with Gasteiger partial charge in [-0.1, -0.05) is 6.42 Å². The van der Waals surface area contributed by atoms with E-state index in [1.54, 1.807) is 6.20 Å². The Balaban J connectivity index is 1.90. The van der Waals surface area contributed by atoms with E-state index >= 15 is 0 Å². The number of carbonyl (C=O) groups excluding carboxylic acids is 1. The molecule has 0 aromatic carbocycles. The van der Waals surface area contributed by atoms with Gasteiger partial charge in [-0.15, -0.1) is 0 Å². The molecule has 1 saturated carbocycles. The van der Waals surface area contributed by atoms with Gasteiger partial charge in [-0.05, 0) is 38.2 Å². The van der Waals surface area contributed by atoms with Gasteiger partial charge in [0.05, 0.1) is 5.56 Å². The van der Waals surface area contributed by atoms with Gasteiger partial charge in [0, 0.05) is 24.0 Å². The second-order valence-electron chi connectivity index (χ2n) is 4.89. The number of thioether (sulfide) groups is 1. The fourth-order valence-corrected chi connectivity index (χ4v) is 3.08. The molecular formula is C14H21N3OS. The standard InChI is InChI=1S/C14H21N3OS/c1-3-15-13(18)11-5-6-12(16-9-11)17-10-14(19-2)7-4-8-14/h5-6,9H,3-4,7-8,10H2,1-2H3,(H,15,18)(H,16,17). The summed E-state index contributed by atoms with van der Waals surface area (Å²) in [5, 5.41) is 6.14. The Morgan fingerprint density at radius 2 is 2.26 bits per heavy atom. The molecule has 1 aromatic rings. The van der Waals surface area contributed by atoms with Crippen LogP contribution in [0.4, 0.5) is 5.82 Å². The van der Waals surface area contributed by atoms with E-state index in [-0.39, 0.29) is 5.91 Å². The van der Waals surface area contributed by atoms with Crippen LogP contribution in [-0.4, -0.2) is 35.0 Å². The van der Waals surface area contributed by atoms with E-state index in [4.69, 9.17) is 0 Å². The molecule has 2 N–H and O–H groups in total. The minimum atomic E-state index is -0.0684. The Morgan fingerprint density at radius 1 is 1.47 bits per heavy atom. The SMILES string of the molecule is CCNC(=O)c1ccc(NCC2(SC)CCC2)nc1. The third kappa shape index (κ3) is 3.41. The number of rotatable bonds is 6. The maximum atomic E-state index is 11.6. The Bertz CT molecular complexity index is 423. The lowest BCUT2D eigenvalue weighted by Crippen LogP contribution is -2.40. The van der Waals surface area contributed by atoms with Crippen LogP contribution in [-0.2, 0) is 0 Å². The molecule has 19 heavy (non-hydrogen) atoms. The Hall–Kier alpha value is -1.23. The first-order chi connectivity index (χ1) is 9.19. The average Bonchev–Trinajstić information content (AvgIpc) is 2.39. The summed E-state index contributed by atoms with van der Waals surface area (Å²) in [4.78, 5) is 15.9. The smallest absolute Gasteiger partial charge is 0.252 e. The van der Waals surface area contributed by atoms with Crippen molar-refractivity contribution < 1.29 is 4.79 Å². The highest BCUT2D eigenvalue weighted by atomic mass is 32.2. The van der Waals surface area contributed by atoms with E-state index in [0.29, 0.717) is 16.9 Å². The molecule has 0 saturated heterocycles. The molecule has 1 fully saturated rings. The zero-order valence-electron chi connectivity index (χ0n) is 11.5. The molecule has 1 aromatic heterocycles. The van der Waals surface area contributed by atoms with E-state index in [0.717, 1.165) is 12.4 Å². The van der Waals surface area contributed by atoms with E-state index in [1.807, 2.05) is 30.8 Å². The van der Waals surface area contributed by atoms with Crippen LogP contribution in [0.2, 0.25) is 0 Å². The number of hydrogen-bond acceptors (Lipinski definition) is 4. The summed E-state index contributed by atoms with van der Waals surface area (Å²) in [6, 6.07) is 3.68. The summed E-state index contributed by atoms with van der Waals surface area (Å²) in [7, 11) is 0. The van der Waals surface area contributed by atoms with E-state index < -0.39 is 0 Å². The van der Waals surface area contributed by atoms with Gasteiger partial charge < -0.3 is 10.6 Å². The van der Waals surface area contributed by atoms with Crippen LogP contribution < -0.4 is 10.6 Å². The van der Waals surface area contributed by atoms with Crippen LogP contribution in [0.25, 0.3) is 0 Å². The first kappa shape index (κ1) is 14.2. The van der Waals surface area contributed by atoms with Gasteiger partial charge in [-0.2, -0.15) is 11.8 Å². The lowest BCUT2D eigenvalue weighted by Gasteiger charge is -2.40. The molecule has 2 rings (SSSR count). The maximum absolute atomic E-state index is 11.6. The number of amides is 1. The van der Waals surface area contributed by atoms with Gasteiger partial charge in [0.15, 0.2) is 0 Å². The predicted molar refractivity (Wildman–Crippen MR) is 80.8 cm³/mol. The number of pyridine rings is 1. The molecule has 1 aliphatic carbocycles. The molecular weight excluding hydrogens is 258 g/mol. The molecule has 1 heterocycles. The highest BCUT2D eigenvalue weighted by molar-refractivity contribution is 8.00. The average molecular weight is 279 g/mol. The normalized spacial score (nSPS) is 16.5. The van der Waals surface area contributed by atoms with Crippen LogP contribution in [0.1, 0.15) is 36.5 Å². The van der Waals surface area contributed by atoms with Gasteiger partial charge >= 0.3 is 0 Å². The lowest BCUT2D eigenvalue weighted by atomic mass is 9.84. The largest absolute Gasteiger partial charge is 0.369 e. The van der Waals surface area contributed by atoms with Gasteiger partial charge in [0.25, 0.3) is 5.91 Å². The van der Waals surface area contributed by atoms with E-state index in [1.165, 1.54) is 19.3 Å². The van der Waals surface area contributed by atoms with E-state index in [9.17, 15) is 4.79 Å². The summed E-state index contributed by atoms with van der Waals surface area (Å²) in [5.74, 6) is 0.773. The first-order valence-corrected chi connectivity index (χ1v) is 7.95. The molecule has 5 heteroatoms. The quantitative estimate of drug-likeness (QED) is 0.840. The van der Waals surface area contributed by atoms with Gasteiger partial charge in [-0.25, -0.2) is 4.98 Å². The molecule has 104 valence electrons. The fraction of sp³-hybridized carbons (Fsp3) is 0.571. The summed E-state index contributed by atoms with van der Waals surface area (Å²) in [6.45, 7) is 3.48. The number of aromatic nitrogens is 1. The van der Waals surface area contributed by atoms with Crippen molar-refractivity contribution in [3.8, 4) is 0 Å². The van der Waals surface area contributed by atoms with Crippen molar-refractivity contribution in [2.24, 2.45) is 0 Å². The minimum absolute atomic E-state index is 0.0684. The Morgan fingerprint density at radius 3 is 2.74 bits per heavy atom. The molecule has 4 nitrogen and oxygen atoms in total. The zero-order chi connectivity index (χ0) is 13.7. The van der Waals surface area contributed by atoms with Crippen LogP contribution in [0.3, 0.4) is 0 Å². The van der Waals surface area contributed by atoms with Crippen molar-refractivity contribution in [3.05, 3.63) is 23.9 Å². The molecule has 1 aliphatic rings. The number of carbonyl (C=O) groups is 1. The van der Waals surface area contributed by atoms with Crippen molar-refractivity contribution in [2.45, 2.75) is 30.9 Å². The number of anilines is 1. The lowest BCUT2D eigenvalue weighted by molar-refractivity contribution is 0.0955. The van der Waals surface area contributed by atoms with Crippen molar-refractivity contribution in [3.63, 3.8) is 0 Å². The molecule has 0 bridgehead atoms. The zero-order valence-corrected chi connectivity index (χ0v) is 12.3. The summed E-state index contributed by atoms with van der Waals surface area (Å²) in [6.07, 6.45) is 7.68. The molecule has 1 amide bonds. The topological polar surface area (TPSA) is 54.0 Å². The fourth-order valence-electron chi connectivity index (χ4n) is 2.17. The molecule has 0 atom stereocenters.